The molecule has 2 saturated heterocycles. The SMILES string of the molecule is CC1(C(=O)N2CCN(C(=O)[C@@H]3CCCN3c3nc(N)n4nc(-c5ccco5)nc4n3)CC2)CCC1. The summed E-state index contributed by atoms with van der Waals surface area (Å²) in [5, 5.41) is 4.33. The molecule has 2 N–H and O–H groups in total. The van der Waals surface area contributed by atoms with E-state index in [4.69, 9.17) is 10.2 Å². The van der Waals surface area contributed by atoms with Crippen molar-refractivity contribution in [1.29, 1.82) is 0 Å². The lowest BCUT2D eigenvalue weighted by atomic mass is 9.69. The number of hydrogen-bond donors (Lipinski definition) is 1. The number of furan rings is 1. The van der Waals surface area contributed by atoms with Crippen molar-refractivity contribution < 1.29 is 14.0 Å². The zero-order valence-corrected chi connectivity index (χ0v) is 19.8. The summed E-state index contributed by atoms with van der Waals surface area (Å²) in [7, 11) is 0. The molecule has 1 atom stereocenters. The van der Waals surface area contributed by atoms with Gasteiger partial charge in [-0.15, -0.1) is 5.10 Å². The van der Waals surface area contributed by atoms with Gasteiger partial charge in [0.25, 0.3) is 5.78 Å². The Bertz CT molecular complexity index is 1260. The summed E-state index contributed by atoms with van der Waals surface area (Å²) in [4.78, 5) is 45.5. The topological polar surface area (TPSA) is 139 Å². The third-order valence-corrected chi connectivity index (χ3v) is 7.61. The molecule has 1 aliphatic carbocycles. The Labute approximate surface area is 202 Å². The van der Waals surface area contributed by atoms with E-state index in [1.807, 2.05) is 14.7 Å². The fourth-order valence-electron chi connectivity index (χ4n) is 5.34. The standard InChI is InChI=1S/C23H29N9O3/c1-23(7-4-8-23)19(34)30-12-10-29(11-13-30)18(33)15-5-2-9-31(15)21-26-20(24)32-22(27-21)25-17(28-32)16-6-3-14-35-16/h3,6,14-15H,2,4-5,7-13H2,1H3,(H2,24,25,26,27,28)/t15-/m0/s1. The van der Waals surface area contributed by atoms with Crippen LogP contribution >= 0.6 is 0 Å². The van der Waals surface area contributed by atoms with Crippen LogP contribution in [0, 0.1) is 5.41 Å². The van der Waals surface area contributed by atoms with Gasteiger partial charge in [-0.2, -0.15) is 19.5 Å². The van der Waals surface area contributed by atoms with Crippen LogP contribution in [0.4, 0.5) is 11.9 Å². The van der Waals surface area contributed by atoms with Crippen molar-refractivity contribution in [2.75, 3.05) is 43.4 Å². The largest absolute Gasteiger partial charge is 0.461 e. The number of carbonyl (C=O) groups excluding carboxylic acids is 2. The minimum absolute atomic E-state index is 0.0456. The molecule has 3 fully saturated rings. The van der Waals surface area contributed by atoms with Crippen LogP contribution in [0.3, 0.4) is 0 Å². The van der Waals surface area contributed by atoms with Gasteiger partial charge in [0, 0.05) is 38.1 Å². The lowest BCUT2D eigenvalue weighted by molar-refractivity contribution is -0.150. The molecule has 0 spiro atoms. The molecule has 2 amide bonds. The summed E-state index contributed by atoms with van der Waals surface area (Å²) < 4.78 is 6.74. The smallest absolute Gasteiger partial charge is 0.259 e. The minimum atomic E-state index is -0.365. The highest BCUT2D eigenvalue weighted by atomic mass is 16.3. The van der Waals surface area contributed by atoms with Gasteiger partial charge in [0.1, 0.15) is 6.04 Å². The van der Waals surface area contributed by atoms with Gasteiger partial charge >= 0.3 is 0 Å². The molecular weight excluding hydrogens is 450 g/mol. The zero-order chi connectivity index (χ0) is 24.2. The Morgan fingerprint density at radius 2 is 1.83 bits per heavy atom. The van der Waals surface area contributed by atoms with Crippen molar-refractivity contribution in [3.63, 3.8) is 0 Å². The molecule has 6 rings (SSSR count). The van der Waals surface area contributed by atoms with E-state index >= 15 is 0 Å². The third-order valence-electron chi connectivity index (χ3n) is 7.61. The maximum Gasteiger partial charge on any atom is 0.259 e. The van der Waals surface area contributed by atoms with E-state index in [-0.39, 0.29) is 29.2 Å². The van der Waals surface area contributed by atoms with Gasteiger partial charge < -0.3 is 24.9 Å². The molecule has 2 aliphatic heterocycles. The second kappa shape index (κ2) is 8.21. The van der Waals surface area contributed by atoms with Crippen LogP contribution in [0.25, 0.3) is 17.4 Å². The summed E-state index contributed by atoms with van der Waals surface area (Å²) in [6.45, 7) is 4.97. The summed E-state index contributed by atoms with van der Waals surface area (Å²) in [6.07, 6.45) is 6.16. The number of nitrogens with zero attached hydrogens (tertiary/aromatic N) is 8. The number of carbonyl (C=O) groups is 2. The van der Waals surface area contributed by atoms with Gasteiger partial charge in [0.15, 0.2) is 5.76 Å². The number of rotatable bonds is 4. The van der Waals surface area contributed by atoms with E-state index in [0.29, 0.717) is 56.0 Å². The molecular formula is C23H29N9O3. The van der Waals surface area contributed by atoms with Crippen LogP contribution < -0.4 is 10.6 Å². The van der Waals surface area contributed by atoms with Gasteiger partial charge in [0.2, 0.25) is 29.5 Å². The van der Waals surface area contributed by atoms with E-state index in [1.165, 1.54) is 4.52 Å². The molecule has 3 aliphatic rings. The number of hydrogen-bond acceptors (Lipinski definition) is 9. The summed E-state index contributed by atoms with van der Waals surface area (Å²) >= 11 is 0. The molecule has 5 heterocycles. The van der Waals surface area contributed by atoms with Crippen LogP contribution in [-0.2, 0) is 9.59 Å². The third kappa shape index (κ3) is 3.67. The molecule has 1 saturated carbocycles. The van der Waals surface area contributed by atoms with Crippen LogP contribution in [0.1, 0.15) is 39.0 Å². The van der Waals surface area contributed by atoms with Crippen LogP contribution in [0.15, 0.2) is 22.8 Å². The van der Waals surface area contributed by atoms with Crippen molar-refractivity contribution in [2.45, 2.75) is 45.1 Å². The lowest BCUT2D eigenvalue weighted by Gasteiger charge is -2.44. The summed E-state index contributed by atoms with van der Waals surface area (Å²) in [5.41, 5.74) is 5.96. The molecule has 12 heteroatoms. The van der Waals surface area contributed by atoms with Crippen molar-refractivity contribution >= 4 is 29.5 Å². The zero-order valence-electron chi connectivity index (χ0n) is 19.8. The molecule has 0 aromatic carbocycles. The van der Waals surface area contributed by atoms with Crippen molar-refractivity contribution in [3.05, 3.63) is 18.4 Å². The highest BCUT2D eigenvalue weighted by molar-refractivity contribution is 5.86. The highest BCUT2D eigenvalue weighted by Crippen LogP contribution is 2.42. The molecule has 3 aromatic rings. The Kier molecular flexibility index (Phi) is 5.11. The Morgan fingerprint density at radius 1 is 1.06 bits per heavy atom. The van der Waals surface area contributed by atoms with Crippen molar-refractivity contribution in [3.8, 4) is 11.6 Å². The van der Waals surface area contributed by atoms with Crippen LogP contribution in [0.5, 0.6) is 0 Å². The van der Waals surface area contributed by atoms with Gasteiger partial charge in [-0.3, -0.25) is 9.59 Å². The van der Waals surface area contributed by atoms with E-state index < -0.39 is 0 Å². The molecule has 35 heavy (non-hydrogen) atoms. The summed E-state index contributed by atoms with van der Waals surface area (Å²) in [5.74, 6) is 1.97. The van der Waals surface area contributed by atoms with Crippen molar-refractivity contribution in [1.82, 2.24) is 34.4 Å². The first-order valence-electron chi connectivity index (χ1n) is 12.2. The molecule has 0 unspecified atom stereocenters. The normalized spacial score (nSPS) is 22.0. The van der Waals surface area contributed by atoms with Gasteiger partial charge in [-0.1, -0.05) is 13.3 Å². The molecule has 3 aromatic heterocycles. The van der Waals surface area contributed by atoms with E-state index in [9.17, 15) is 9.59 Å². The lowest BCUT2D eigenvalue weighted by Crippen LogP contribution is -2.57. The number of nitrogen functional groups attached to an aromatic ring is 1. The fourth-order valence-corrected chi connectivity index (χ4v) is 5.34. The van der Waals surface area contributed by atoms with Gasteiger partial charge in [-0.05, 0) is 37.8 Å². The predicted octanol–water partition coefficient (Wildman–Crippen LogP) is 1.19. The Morgan fingerprint density at radius 3 is 2.51 bits per heavy atom. The maximum atomic E-state index is 13.5. The van der Waals surface area contributed by atoms with E-state index in [0.717, 1.165) is 32.1 Å². The Hall–Kier alpha value is -3.70. The quantitative estimate of drug-likeness (QED) is 0.584. The first-order chi connectivity index (χ1) is 16.9. The van der Waals surface area contributed by atoms with Crippen LogP contribution in [-0.4, -0.2) is 84.9 Å². The first kappa shape index (κ1) is 21.8. The second-order valence-corrected chi connectivity index (χ2v) is 9.89. The fraction of sp³-hybridized carbons (Fsp3) is 0.565. The second-order valence-electron chi connectivity index (χ2n) is 9.89. The molecule has 12 nitrogen and oxygen atoms in total. The van der Waals surface area contributed by atoms with E-state index in [1.54, 1.807) is 18.4 Å². The average molecular weight is 480 g/mol. The minimum Gasteiger partial charge on any atom is -0.461 e. The summed E-state index contributed by atoms with van der Waals surface area (Å²) in [6, 6.07) is 3.15. The Balaban J connectivity index is 1.17. The number of fused-ring (bicyclic) bond motifs is 1. The number of amides is 2. The monoisotopic (exact) mass is 479 g/mol. The number of anilines is 2. The highest BCUT2D eigenvalue weighted by Gasteiger charge is 2.43. The number of piperazine rings is 1. The molecule has 184 valence electrons. The van der Waals surface area contributed by atoms with Gasteiger partial charge in [-0.25, -0.2) is 0 Å². The first-order valence-corrected chi connectivity index (χ1v) is 12.2. The maximum absolute atomic E-state index is 13.5. The number of aromatic nitrogens is 5. The van der Waals surface area contributed by atoms with E-state index in [2.05, 4.69) is 27.0 Å². The molecule has 0 radical (unpaired) electrons. The molecule has 0 bridgehead atoms. The average Bonchev–Trinajstić information content (AvgIpc) is 3.61. The number of nitrogens with two attached hydrogens (primary N) is 1. The predicted molar refractivity (Wildman–Crippen MR) is 126 cm³/mol. The van der Waals surface area contributed by atoms with Crippen LogP contribution in [0.2, 0.25) is 0 Å². The van der Waals surface area contributed by atoms with Crippen molar-refractivity contribution in [2.24, 2.45) is 5.41 Å². The van der Waals surface area contributed by atoms with Gasteiger partial charge in [0.05, 0.1) is 6.26 Å².